The van der Waals surface area contributed by atoms with E-state index < -0.39 is 21.7 Å². The SMILES string of the molecule is Cc1nc(-c2cccc(CN(CCC#N)C(=O)Oc3ccc(-c4ccccc4S(=O)(=O)NC(C)(C)C)cc3)c2)no1. The number of benzene rings is 3. The van der Waals surface area contributed by atoms with E-state index in [1.54, 1.807) is 76.2 Å². The van der Waals surface area contributed by atoms with Gasteiger partial charge in [0.1, 0.15) is 5.75 Å². The van der Waals surface area contributed by atoms with Gasteiger partial charge in [-0.05, 0) is 56.2 Å². The van der Waals surface area contributed by atoms with Crippen LogP contribution in [0.1, 0.15) is 38.6 Å². The zero-order chi connectivity index (χ0) is 29.6. The van der Waals surface area contributed by atoms with Crippen LogP contribution in [0.3, 0.4) is 0 Å². The summed E-state index contributed by atoms with van der Waals surface area (Å²) >= 11 is 0. The number of nitriles is 1. The number of rotatable bonds is 9. The molecule has 0 saturated heterocycles. The van der Waals surface area contributed by atoms with Gasteiger partial charge in [-0.15, -0.1) is 0 Å². The first kappa shape index (κ1) is 29.5. The highest BCUT2D eigenvalue weighted by atomic mass is 32.2. The fraction of sp³-hybridized carbons (Fsp3) is 0.267. The number of aromatic nitrogens is 2. The lowest BCUT2D eigenvalue weighted by Gasteiger charge is -2.22. The number of hydrogen-bond acceptors (Lipinski definition) is 8. The highest BCUT2D eigenvalue weighted by Crippen LogP contribution is 2.29. The molecule has 1 N–H and O–H groups in total. The molecule has 41 heavy (non-hydrogen) atoms. The normalized spacial score (nSPS) is 11.6. The zero-order valence-electron chi connectivity index (χ0n) is 23.3. The van der Waals surface area contributed by atoms with Gasteiger partial charge in [-0.25, -0.2) is 17.9 Å². The lowest BCUT2D eigenvalue weighted by molar-refractivity contribution is 0.150. The molecule has 11 heteroatoms. The van der Waals surface area contributed by atoms with Gasteiger partial charge in [0.25, 0.3) is 0 Å². The predicted molar refractivity (Wildman–Crippen MR) is 153 cm³/mol. The molecule has 4 rings (SSSR count). The Morgan fingerprint density at radius 3 is 2.44 bits per heavy atom. The van der Waals surface area contributed by atoms with Crippen molar-refractivity contribution in [2.24, 2.45) is 0 Å². The third-order valence-electron chi connectivity index (χ3n) is 5.83. The van der Waals surface area contributed by atoms with Gasteiger partial charge in [0.2, 0.25) is 21.7 Å². The summed E-state index contributed by atoms with van der Waals surface area (Å²) in [6, 6.07) is 22.8. The van der Waals surface area contributed by atoms with Crippen LogP contribution in [0.15, 0.2) is 82.2 Å². The molecule has 0 atom stereocenters. The van der Waals surface area contributed by atoms with Crippen molar-refractivity contribution in [1.29, 1.82) is 5.26 Å². The fourth-order valence-electron chi connectivity index (χ4n) is 4.13. The summed E-state index contributed by atoms with van der Waals surface area (Å²) in [5, 5.41) is 13.1. The Balaban J connectivity index is 1.51. The predicted octanol–water partition coefficient (Wildman–Crippen LogP) is 5.70. The molecule has 0 aliphatic rings. The summed E-state index contributed by atoms with van der Waals surface area (Å²) in [6.07, 6.45) is -0.489. The number of nitrogens with zero attached hydrogens (tertiary/aromatic N) is 4. The molecule has 3 aromatic carbocycles. The second-order valence-corrected chi connectivity index (χ2v) is 12.1. The average Bonchev–Trinajstić information content (AvgIpc) is 3.36. The maximum absolute atomic E-state index is 13.1. The van der Waals surface area contributed by atoms with Gasteiger partial charge in [-0.2, -0.15) is 10.2 Å². The van der Waals surface area contributed by atoms with Crippen molar-refractivity contribution >= 4 is 16.1 Å². The van der Waals surface area contributed by atoms with Crippen LogP contribution in [0.4, 0.5) is 4.79 Å². The summed E-state index contributed by atoms with van der Waals surface area (Å²) in [5.41, 5.74) is 2.07. The van der Waals surface area contributed by atoms with E-state index >= 15 is 0 Å². The molecule has 0 unspecified atom stereocenters. The van der Waals surface area contributed by atoms with Crippen molar-refractivity contribution in [2.45, 2.75) is 51.1 Å². The van der Waals surface area contributed by atoms with Gasteiger partial charge in [-0.1, -0.05) is 53.7 Å². The number of carbonyl (C=O) groups is 1. The van der Waals surface area contributed by atoms with E-state index in [1.165, 1.54) is 4.90 Å². The molecule has 0 bridgehead atoms. The third kappa shape index (κ3) is 7.78. The first-order valence-corrected chi connectivity index (χ1v) is 14.4. The quantitative estimate of drug-likeness (QED) is 0.269. The van der Waals surface area contributed by atoms with Gasteiger partial charge < -0.3 is 14.2 Å². The van der Waals surface area contributed by atoms with Crippen LogP contribution in [0, 0.1) is 18.3 Å². The van der Waals surface area contributed by atoms with Crippen LogP contribution in [-0.2, 0) is 16.6 Å². The number of aryl methyl sites for hydroxylation is 1. The molecule has 0 fully saturated rings. The molecule has 1 aromatic heterocycles. The smallest absolute Gasteiger partial charge is 0.410 e. The number of sulfonamides is 1. The van der Waals surface area contributed by atoms with Crippen LogP contribution < -0.4 is 9.46 Å². The van der Waals surface area contributed by atoms with E-state index in [0.717, 1.165) is 11.1 Å². The first-order valence-electron chi connectivity index (χ1n) is 12.9. The van der Waals surface area contributed by atoms with Crippen molar-refractivity contribution in [3.8, 4) is 34.3 Å². The Bertz CT molecular complexity index is 1670. The summed E-state index contributed by atoms with van der Waals surface area (Å²) in [6.45, 7) is 7.42. The molecule has 212 valence electrons. The largest absolute Gasteiger partial charge is 0.415 e. The number of carbonyl (C=O) groups excluding carboxylic acids is 1. The summed E-state index contributed by atoms with van der Waals surface area (Å²) in [4.78, 5) is 19.0. The van der Waals surface area contributed by atoms with E-state index in [9.17, 15) is 13.2 Å². The maximum atomic E-state index is 13.1. The summed E-state index contributed by atoms with van der Waals surface area (Å²) in [7, 11) is -3.78. The van der Waals surface area contributed by atoms with Crippen molar-refractivity contribution in [3.05, 3.63) is 84.3 Å². The molecular formula is C30H31N5O5S. The lowest BCUT2D eigenvalue weighted by atomic mass is 10.1. The Morgan fingerprint density at radius 1 is 1.05 bits per heavy atom. The monoisotopic (exact) mass is 573 g/mol. The van der Waals surface area contributed by atoms with Crippen molar-refractivity contribution in [3.63, 3.8) is 0 Å². The zero-order valence-corrected chi connectivity index (χ0v) is 24.1. The Kier molecular flexibility index (Phi) is 8.86. The molecular weight excluding hydrogens is 542 g/mol. The molecule has 0 aliphatic heterocycles. The molecule has 0 spiro atoms. The molecule has 1 heterocycles. The van der Waals surface area contributed by atoms with Gasteiger partial charge in [0.15, 0.2) is 0 Å². The second-order valence-electron chi connectivity index (χ2n) is 10.4. The van der Waals surface area contributed by atoms with E-state index in [0.29, 0.717) is 22.8 Å². The second kappa shape index (κ2) is 12.3. The van der Waals surface area contributed by atoms with E-state index in [2.05, 4.69) is 20.9 Å². The molecule has 4 aromatic rings. The average molecular weight is 574 g/mol. The topological polar surface area (TPSA) is 138 Å². The third-order valence-corrected chi connectivity index (χ3v) is 7.64. The Morgan fingerprint density at radius 2 is 1.78 bits per heavy atom. The number of ether oxygens (including phenoxy) is 1. The lowest BCUT2D eigenvalue weighted by Crippen LogP contribution is -2.40. The summed E-state index contributed by atoms with van der Waals surface area (Å²) in [5.74, 6) is 1.17. The number of amides is 1. The minimum Gasteiger partial charge on any atom is -0.410 e. The minimum absolute atomic E-state index is 0.131. The molecule has 0 radical (unpaired) electrons. The van der Waals surface area contributed by atoms with Gasteiger partial charge >= 0.3 is 6.09 Å². The highest BCUT2D eigenvalue weighted by molar-refractivity contribution is 7.89. The number of nitrogens with one attached hydrogen (secondary N) is 1. The van der Waals surface area contributed by atoms with Gasteiger partial charge in [0, 0.05) is 36.7 Å². The standard InChI is InChI=1S/C30H31N5O5S/c1-21-32-28(33-40-21)24-10-7-9-22(19-24)20-35(18-8-17-31)29(36)39-25-15-13-23(14-16-25)26-11-5-6-12-27(26)41(37,38)34-30(2,3)4/h5-7,9-16,19,34H,8,18,20H2,1-4H3. The maximum Gasteiger partial charge on any atom is 0.415 e. The van der Waals surface area contributed by atoms with Crippen LogP contribution in [0.5, 0.6) is 5.75 Å². The summed E-state index contributed by atoms with van der Waals surface area (Å²) < 4.78 is 39.5. The van der Waals surface area contributed by atoms with Crippen LogP contribution in [0.2, 0.25) is 0 Å². The van der Waals surface area contributed by atoms with E-state index in [4.69, 9.17) is 14.5 Å². The van der Waals surface area contributed by atoms with Crippen LogP contribution >= 0.6 is 0 Å². The number of hydrogen-bond donors (Lipinski definition) is 1. The van der Waals surface area contributed by atoms with E-state index in [-0.39, 0.29) is 30.2 Å². The molecule has 10 nitrogen and oxygen atoms in total. The Hall–Kier alpha value is -4.53. The van der Waals surface area contributed by atoms with E-state index in [1.807, 2.05) is 24.3 Å². The molecule has 0 aliphatic carbocycles. The van der Waals surface area contributed by atoms with Crippen molar-refractivity contribution in [2.75, 3.05) is 6.54 Å². The fourth-order valence-corrected chi connectivity index (χ4v) is 5.78. The van der Waals surface area contributed by atoms with Crippen molar-refractivity contribution < 1.29 is 22.5 Å². The van der Waals surface area contributed by atoms with Crippen LogP contribution in [0.25, 0.3) is 22.5 Å². The molecule has 1 amide bonds. The first-order chi connectivity index (χ1) is 19.4. The molecule has 0 saturated carbocycles. The van der Waals surface area contributed by atoms with Gasteiger partial charge in [-0.3, -0.25) is 0 Å². The van der Waals surface area contributed by atoms with Crippen LogP contribution in [-0.4, -0.2) is 41.6 Å². The van der Waals surface area contributed by atoms with Crippen molar-refractivity contribution in [1.82, 2.24) is 19.8 Å². The highest BCUT2D eigenvalue weighted by Gasteiger charge is 2.25. The van der Waals surface area contributed by atoms with Gasteiger partial charge in [0.05, 0.1) is 17.4 Å². The Labute approximate surface area is 239 Å². The minimum atomic E-state index is -3.78.